The number of aliphatic hydroxyl groups excluding tert-OH is 5. The number of nitrogens with one attached hydrogen (secondary N) is 1. The summed E-state index contributed by atoms with van der Waals surface area (Å²) in [6.07, 6.45) is -30.9. The number of aliphatic carboxylic acids is 1. The molecule has 29 nitrogen and oxygen atoms in total. The van der Waals surface area contributed by atoms with Gasteiger partial charge in [0.05, 0.1) is 19.3 Å². The maximum absolute atomic E-state index is 12.3. The van der Waals surface area contributed by atoms with Gasteiger partial charge >= 0.3 is 47.5 Å². The van der Waals surface area contributed by atoms with Gasteiger partial charge in [-0.25, -0.2) is 17.3 Å². The Labute approximate surface area is 286 Å². The molecule has 0 radical (unpaired) electrons. The van der Waals surface area contributed by atoms with Crippen LogP contribution in [0.4, 0.5) is 0 Å². The Hall–Kier alpha value is -1.49. The van der Waals surface area contributed by atoms with E-state index in [-0.39, 0.29) is 0 Å². The first-order valence-corrected chi connectivity index (χ1v) is 18.9. The lowest BCUT2D eigenvalue weighted by Crippen LogP contribution is -2.69. The van der Waals surface area contributed by atoms with Crippen molar-refractivity contribution < 1.29 is 124 Å². The second-order valence-corrected chi connectivity index (χ2v) is 15.1. The van der Waals surface area contributed by atoms with Crippen LogP contribution < -0.4 is 10.5 Å². The van der Waals surface area contributed by atoms with E-state index < -0.39 is 153 Å². The van der Waals surface area contributed by atoms with Crippen LogP contribution in [-0.4, -0.2) is 194 Å². The van der Waals surface area contributed by atoms with Gasteiger partial charge in [-0.1, -0.05) is 0 Å². The normalized spacial score (nSPS) is 40.2. The van der Waals surface area contributed by atoms with Crippen molar-refractivity contribution in [1.29, 1.82) is 0 Å². The van der Waals surface area contributed by atoms with Gasteiger partial charge in [0.15, 0.2) is 31.1 Å². The van der Waals surface area contributed by atoms with Crippen LogP contribution in [0.5, 0.6) is 0 Å². The van der Waals surface area contributed by atoms with Crippen molar-refractivity contribution in [3.63, 3.8) is 0 Å². The van der Waals surface area contributed by atoms with Crippen LogP contribution in [0, 0.1) is 0 Å². The minimum Gasteiger partial charge on any atom is -0.479 e. The third-order valence-electron chi connectivity index (χ3n) is 7.07. The number of ether oxygens (including phenoxy) is 5. The summed E-state index contributed by atoms with van der Waals surface area (Å²) in [5.41, 5.74) is 5.75. The largest absolute Gasteiger partial charge is 0.479 e. The first kappa shape index (κ1) is 43.9. The van der Waals surface area contributed by atoms with Crippen molar-refractivity contribution in [1.82, 2.24) is 4.72 Å². The van der Waals surface area contributed by atoms with Crippen LogP contribution in [0.25, 0.3) is 0 Å². The molecular formula is C18H32N2O27S4. The highest BCUT2D eigenvalue weighted by Crippen LogP contribution is 2.34. The van der Waals surface area contributed by atoms with E-state index in [9.17, 15) is 73.7 Å². The van der Waals surface area contributed by atoms with Gasteiger partial charge in [0, 0.05) is 0 Å². The molecule has 33 heteroatoms. The molecule has 3 heterocycles. The highest BCUT2D eigenvalue weighted by molar-refractivity contribution is 7.83. The van der Waals surface area contributed by atoms with Crippen molar-refractivity contribution in [3.8, 4) is 0 Å². The molecule has 0 aromatic rings. The Kier molecular flexibility index (Phi) is 14.2. The number of nitrogens with two attached hydrogens (primary N) is 1. The number of hydrogen-bond donors (Lipinski definition) is 12. The Bertz CT molecular complexity index is 1660. The van der Waals surface area contributed by atoms with Crippen LogP contribution in [0.2, 0.25) is 0 Å². The predicted octanol–water partition coefficient (Wildman–Crippen LogP) is -8.63. The number of aliphatic hydroxyl groups is 5. The Morgan fingerprint density at radius 3 is 1.67 bits per heavy atom. The second kappa shape index (κ2) is 16.5. The molecule has 3 aliphatic heterocycles. The number of carboxylic acid groups (broad SMARTS) is 1. The first-order chi connectivity index (χ1) is 23.1. The standard InChI is InChI=1S/C18H32N2O27S4/c19-5-8(22)7(21)3(1-40-49(31,32)33)43-17(5)45-12-10(24)13(47-51(37,38)39)18(46-14(12)15(25)26)44-11-4(2-41-50(34,35)36)42-16(27)6(9(11)23)20-48(28,29)30/h3-14,16-18,20-24,27H,1-2,19H2,(H,25,26)(H,28,29,30)(H,31,32,33)(H,34,35,36)(H,37,38,39)/t3-,4-,5-,6-,7-,8-,9-,10+,11-,12+,13-,14-,16+,17-,18-/m1/s1. The molecule has 13 N–H and O–H groups in total. The van der Waals surface area contributed by atoms with Crippen LogP contribution in [0.3, 0.4) is 0 Å². The van der Waals surface area contributed by atoms with Crippen LogP contribution >= 0.6 is 0 Å². The van der Waals surface area contributed by atoms with E-state index in [4.69, 9.17) is 43.1 Å². The summed E-state index contributed by atoms with van der Waals surface area (Å²) in [6.45, 7) is -2.62. The topological polar surface area (TPSA) is 468 Å². The zero-order chi connectivity index (χ0) is 39.0. The van der Waals surface area contributed by atoms with Gasteiger partial charge in [-0.15, -0.1) is 0 Å². The van der Waals surface area contributed by atoms with E-state index in [1.54, 1.807) is 0 Å². The molecule has 3 aliphatic rings. The summed E-state index contributed by atoms with van der Waals surface area (Å²) in [4.78, 5) is 12.3. The summed E-state index contributed by atoms with van der Waals surface area (Å²) >= 11 is 0. The number of rotatable bonds is 15. The van der Waals surface area contributed by atoms with Gasteiger partial charge in [0.2, 0.25) is 0 Å². The van der Waals surface area contributed by atoms with E-state index in [1.807, 2.05) is 0 Å². The molecule has 0 aromatic carbocycles. The van der Waals surface area contributed by atoms with Crippen molar-refractivity contribution in [2.24, 2.45) is 5.73 Å². The average molecular weight is 837 g/mol. The smallest absolute Gasteiger partial charge is 0.397 e. The summed E-state index contributed by atoms with van der Waals surface area (Å²) < 4.78 is 167. The van der Waals surface area contributed by atoms with Gasteiger partial charge in [-0.3, -0.25) is 18.2 Å². The zero-order valence-electron chi connectivity index (χ0n) is 24.7. The molecule has 51 heavy (non-hydrogen) atoms. The van der Waals surface area contributed by atoms with Gasteiger partial charge in [0.25, 0.3) is 0 Å². The van der Waals surface area contributed by atoms with Crippen molar-refractivity contribution in [2.75, 3.05) is 13.2 Å². The fraction of sp³-hybridized carbons (Fsp3) is 0.944. The number of hydrogen-bond acceptors (Lipinski definition) is 23. The average Bonchev–Trinajstić information content (AvgIpc) is 2.96. The van der Waals surface area contributed by atoms with Crippen molar-refractivity contribution in [3.05, 3.63) is 0 Å². The molecule has 15 atom stereocenters. The molecule has 3 rings (SSSR count). The predicted molar refractivity (Wildman–Crippen MR) is 147 cm³/mol. The van der Waals surface area contributed by atoms with E-state index in [0.29, 0.717) is 0 Å². The maximum atomic E-state index is 12.3. The van der Waals surface area contributed by atoms with Crippen LogP contribution in [0.1, 0.15) is 0 Å². The Morgan fingerprint density at radius 2 is 1.18 bits per heavy atom. The number of carbonyl (C=O) groups is 1. The summed E-state index contributed by atoms with van der Waals surface area (Å²) in [6, 6.07) is -4.20. The molecule has 3 saturated heterocycles. The lowest BCUT2D eigenvalue weighted by atomic mass is 9.95. The monoisotopic (exact) mass is 836 g/mol. The van der Waals surface area contributed by atoms with E-state index in [0.717, 1.165) is 0 Å². The van der Waals surface area contributed by atoms with Gasteiger partial charge < -0.3 is 60.1 Å². The van der Waals surface area contributed by atoms with E-state index >= 15 is 0 Å². The molecule has 0 bridgehead atoms. The molecule has 0 saturated carbocycles. The third kappa shape index (κ3) is 12.3. The lowest BCUT2D eigenvalue weighted by Gasteiger charge is -2.48. The highest BCUT2D eigenvalue weighted by Gasteiger charge is 2.57. The van der Waals surface area contributed by atoms with Crippen molar-refractivity contribution in [2.45, 2.75) is 92.0 Å². The molecule has 0 amide bonds. The molecule has 0 aromatic heterocycles. The zero-order valence-corrected chi connectivity index (χ0v) is 28.0. The van der Waals surface area contributed by atoms with E-state index in [2.05, 4.69) is 12.5 Å². The molecule has 0 spiro atoms. The fourth-order valence-corrected chi connectivity index (χ4v) is 6.59. The lowest BCUT2D eigenvalue weighted by molar-refractivity contribution is -0.357. The minimum atomic E-state index is -5.73. The first-order valence-electron chi connectivity index (χ1n) is 13.4. The molecule has 300 valence electrons. The highest BCUT2D eigenvalue weighted by atomic mass is 32.3. The second-order valence-electron chi connectivity index (χ2n) is 10.6. The van der Waals surface area contributed by atoms with Crippen molar-refractivity contribution >= 4 is 47.5 Å². The summed E-state index contributed by atoms with van der Waals surface area (Å²) in [7, 11) is -21.5. The van der Waals surface area contributed by atoms with Gasteiger partial charge in [0.1, 0.15) is 54.9 Å². The van der Waals surface area contributed by atoms with Gasteiger partial charge in [-0.05, 0) is 0 Å². The minimum absolute atomic E-state index is 1.21. The molecule has 0 aliphatic carbocycles. The third-order valence-corrected chi connectivity index (χ3v) is 8.97. The number of carboxylic acids is 1. The van der Waals surface area contributed by atoms with E-state index in [1.165, 1.54) is 4.72 Å². The fourth-order valence-electron chi connectivity index (χ4n) is 4.89. The molecule has 0 unspecified atom stereocenters. The quantitative estimate of drug-likeness (QED) is 0.0681. The molecular weight excluding hydrogens is 804 g/mol. The molecule has 3 fully saturated rings. The summed E-state index contributed by atoms with van der Waals surface area (Å²) in [5, 5.41) is 62.5. The Morgan fingerprint density at radius 1 is 0.647 bits per heavy atom. The SMILES string of the molecule is N[C@H]1[C@@H](O[C@H]2[C@H](O)[C@@H](OS(=O)(=O)O)[C@H](O[C@H]3[C@H](O)[C@@H](NS(=O)(=O)O)[C@@H](O)O[C@@H]3COS(=O)(=O)O)O[C@H]2C(=O)O)O[C@H](COS(=O)(=O)O)[C@@H](O)[C@@H]1O. The maximum Gasteiger partial charge on any atom is 0.397 e. The summed E-state index contributed by atoms with van der Waals surface area (Å²) in [5.74, 6) is -2.10. The van der Waals surface area contributed by atoms with Crippen LogP contribution in [-0.2, 0) is 82.5 Å². The van der Waals surface area contributed by atoms with Gasteiger partial charge in [-0.2, -0.15) is 38.4 Å². The Balaban J connectivity index is 1.99. The van der Waals surface area contributed by atoms with Crippen LogP contribution in [0.15, 0.2) is 0 Å².